The Morgan fingerprint density at radius 2 is 2.07 bits per heavy atom. The standard InChI is InChI=1S/C12H26N2/c1-4-5-6-13-7-8-14-10-11(2)9-12(14)3/h11-13H,4-10H2,1-3H3. The van der Waals surface area contributed by atoms with Crippen LogP contribution in [0.1, 0.15) is 40.0 Å². The number of rotatable bonds is 6. The van der Waals surface area contributed by atoms with Crippen molar-refractivity contribution in [3.8, 4) is 0 Å². The van der Waals surface area contributed by atoms with Gasteiger partial charge in [0.1, 0.15) is 0 Å². The fourth-order valence-corrected chi connectivity index (χ4v) is 2.35. The smallest absolute Gasteiger partial charge is 0.0110 e. The molecular formula is C12H26N2. The second kappa shape index (κ2) is 6.41. The molecule has 0 radical (unpaired) electrons. The molecule has 1 aliphatic heterocycles. The minimum atomic E-state index is 0.804. The predicted molar refractivity (Wildman–Crippen MR) is 62.6 cm³/mol. The molecule has 2 heteroatoms. The van der Waals surface area contributed by atoms with Crippen LogP contribution in [0.15, 0.2) is 0 Å². The lowest BCUT2D eigenvalue weighted by molar-refractivity contribution is 0.265. The quantitative estimate of drug-likeness (QED) is 0.658. The van der Waals surface area contributed by atoms with Crippen molar-refractivity contribution >= 4 is 0 Å². The number of hydrogen-bond donors (Lipinski definition) is 1. The highest BCUT2D eigenvalue weighted by atomic mass is 15.2. The number of likely N-dealkylation sites (tertiary alicyclic amines) is 1. The molecule has 0 amide bonds. The molecule has 1 rings (SSSR count). The van der Waals surface area contributed by atoms with Gasteiger partial charge in [0.15, 0.2) is 0 Å². The lowest BCUT2D eigenvalue weighted by Crippen LogP contribution is -2.34. The first-order chi connectivity index (χ1) is 6.74. The molecule has 2 unspecified atom stereocenters. The van der Waals surface area contributed by atoms with E-state index in [0.717, 1.165) is 18.5 Å². The number of nitrogens with zero attached hydrogens (tertiary/aromatic N) is 1. The van der Waals surface area contributed by atoms with E-state index in [9.17, 15) is 0 Å². The molecule has 0 spiro atoms. The maximum absolute atomic E-state index is 3.51. The van der Waals surface area contributed by atoms with Gasteiger partial charge in [0.05, 0.1) is 0 Å². The van der Waals surface area contributed by atoms with Crippen molar-refractivity contribution in [1.82, 2.24) is 10.2 Å². The van der Waals surface area contributed by atoms with Crippen LogP contribution < -0.4 is 5.32 Å². The first-order valence-corrected chi connectivity index (χ1v) is 6.18. The van der Waals surface area contributed by atoms with E-state index in [1.807, 2.05) is 0 Å². The van der Waals surface area contributed by atoms with E-state index in [1.165, 1.54) is 38.9 Å². The van der Waals surface area contributed by atoms with Crippen LogP contribution in [-0.4, -0.2) is 37.1 Å². The van der Waals surface area contributed by atoms with Crippen LogP contribution in [-0.2, 0) is 0 Å². The Balaban J connectivity index is 2.01. The molecule has 1 aliphatic rings. The largest absolute Gasteiger partial charge is 0.315 e. The first-order valence-electron chi connectivity index (χ1n) is 6.18. The monoisotopic (exact) mass is 198 g/mol. The summed E-state index contributed by atoms with van der Waals surface area (Å²) in [6.07, 6.45) is 3.99. The number of hydrogen-bond acceptors (Lipinski definition) is 2. The lowest BCUT2D eigenvalue weighted by Gasteiger charge is -2.20. The van der Waals surface area contributed by atoms with E-state index in [0.29, 0.717) is 0 Å². The molecule has 0 saturated carbocycles. The van der Waals surface area contributed by atoms with Crippen LogP contribution in [0.25, 0.3) is 0 Å². The van der Waals surface area contributed by atoms with Gasteiger partial charge in [0.2, 0.25) is 0 Å². The van der Waals surface area contributed by atoms with Crippen LogP contribution in [0.3, 0.4) is 0 Å². The van der Waals surface area contributed by atoms with Gasteiger partial charge in [-0.2, -0.15) is 0 Å². The Bertz CT molecular complexity index is 147. The summed E-state index contributed by atoms with van der Waals surface area (Å²) in [5.41, 5.74) is 0. The molecule has 2 atom stereocenters. The Labute approximate surface area is 89.1 Å². The normalized spacial score (nSPS) is 28.5. The van der Waals surface area contributed by atoms with Gasteiger partial charge in [0.25, 0.3) is 0 Å². The summed E-state index contributed by atoms with van der Waals surface area (Å²) in [5, 5.41) is 3.51. The molecule has 1 heterocycles. The van der Waals surface area contributed by atoms with Crippen molar-refractivity contribution in [3.05, 3.63) is 0 Å². The van der Waals surface area contributed by atoms with Gasteiger partial charge in [-0.1, -0.05) is 20.3 Å². The fraction of sp³-hybridized carbons (Fsp3) is 1.00. The minimum Gasteiger partial charge on any atom is -0.315 e. The van der Waals surface area contributed by atoms with E-state index in [4.69, 9.17) is 0 Å². The molecular weight excluding hydrogens is 172 g/mol. The van der Waals surface area contributed by atoms with Gasteiger partial charge >= 0.3 is 0 Å². The molecule has 84 valence electrons. The van der Waals surface area contributed by atoms with Crippen molar-refractivity contribution < 1.29 is 0 Å². The van der Waals surface area contributed by atoms with E-state index in [1.54, 1.807) is 0 Å². The zero-order chi connectivity index (χ0) is 10.4. The van der Waals surface area contributed by atoms with E-state index >= 15 is 0 Å². The summed E-state index contributed by atoms with van der Waals surface area (Å²) in [5.74, 6) is 0.903. The first kappa shape index (κ1) is 12.0. The third-order valence-electron chi connectivity index (χ3n) is 3.20. The highest BCUT2D eigenvalue weighted by Gasteiger charge is 2.24. The molecule has 0 aromatic heterocycles. The topological polar surface area (TPSA) is 15.3 Å². The minimum absolute atomic E-state index is 0.804. The summed E-state index contributed by atoms with van der Waals surface area (Å²) < 4.78 is 0. The molecule has 1 fully saturated rings. The molecule has 14 heavy (non-hydrogen) atoms. The van der Waals surface area contributed by atoms with Crippen LogP contribution >= 0.6 is 0 Å². The SMILES string of the molecule is CCCCNCCN1CC(C)CC1C. The molecule has 0 aliphatic carbocycles. The van der Waals surface area contributed by atoms with Crippen LogP contribution in [0.4, 0.5) is 0 Å². The van der Waals surface area contributed by atoms with Gasteiger partial charge in [-0.25, -0.2) is 0 Å². The van der Waals surface area contributed by atoms with E-state index in [2.05, 4.69) is 31.0 Å². The second-order valence-electron chi connectivity index (χ2n) is 4.79. The van der Waals surface area contributed by atoms with Crippen molar-refractivity contribution in [2.75, 3.05) is 26.2 Å². The van der Waals surface area contributed by atoms with Gasteiger partial charge in [0, 0.05) is 25.7 Å². The van der Waals surface area contributed by atoms with Gasteiger partial charge in [-0.3, -0.25) is 4.90 Å². The van der Waals surface area contributed by atoms with E-state index in [-0.39, 0.29) is 0 Å². The van der Waals surface area contributed by atoms with Crippen molar-refractivity contribution in [2.45, 2.75) is 46.1 Å². The summed E-state index contributed by atoms with van der Waals surface area (Å²) in [7, 11) is 0. The Hall–Kier alpha value is -0.0800. The predicted octanol–water partition coefficient (Wildman–Crippen LogP) is 2.11. The maximum Gasteiger partial charge on any atom is 0.0110 e. The van der Waals surface area contributed by atoms with Crippen molar-refractivity contribution in [1.29, 1.82) is 0 Å². The van der Waals surface area contributed by atoms with Gasteiger partial charge < -0.3 is 5.32 Å². The molecule has 1 N–H and O–H groups in total. The summed E-state index contributed by atoms with van der Waals surface area (Å²) in [4.78, 5) is 2.61. The molecule has 0 aromatic rings. The zero-order valence-corrected chi connectivity index (χ0v) is 10.1. The van der Waals surface area contributed by atoms with Crippen LogP contribution in [0.2, 0.25) is 0 Å². The molecule has 2 nitrogen and oxygen atoms in total. The summed E-state index contributed by atoms with van der Waals surface area (Å²) >= 11 is 0. The Kier molecular flexibility index (Phi) is 5.49. The lowest BCUT2D eigenvalue weighted by atomic mass is 10.1. The second-order valence-corrected chi connectivity index (χ2v) is 4.79. The maximum atomic E-state index is 3.51. The average Bonchev–Trinajstić information content (AvgIpc) is 2.45. The number of nitrogens with one attached hydrogen (secondary N) is 1. The third-order valence-corrected chi connectivity index (χ3v) is 3.20. The van der Waals surface area contributed by atoms with Crippen LogP contribution in [0, 0.1) is 5.92 Å². The highest BCUT2D eigenvalue weighted by Crippen LogP contribution is 2.21. The van der Waals surface area contributed by atoms with Crippen molar-refractivity contribution in [3.63, 3.8) is 0 Å². The third kappa shape index (κ3) is 3.97. The van der Waals surface area contributed by atoms with Gasteiger partial charge in [-0.05, 0) is 32.2 Å². The summed E-state index contributed by atoms with van der Waals surface area (Å²) in [6.45, 7) is 11.8. The Morgan fingerprint density at radius 3 is 2.64 bits per heavy atom. The van der Waals surface area contributed by atoms with Crippen LogP contribution in [0.5, 0.6) is 0 Å². The zero-order valence-electron chi connectivity index (χ0n) is 10.1. The molecule has 0 aromatic carbocycles. The average molecular weight is 198 g/mol. The van der Waals surface area contributed by atoms with Crippen molar-refractivity contribution in [2.24, 2.45) is 5.92 Å². The van der Waals surface area contributed by atoms with Gasteiger partial charge in [-0.15, -0.1) is 0 Å². The molecule has 0 bridgehead atoms. The van der Waals surface area contributed by atoms with E-state index < -0.39 is 0 Å². The molecule has 1 saturated heterocycles. The number of unbranched alkanes of at least 4 members (excludes halogenated alkanes) is 1. The fourth-order valence-electron chi connectivity index (χ4n) is 2.35. The highest BCUT2D eigenvalue weighted by molar-refractivity contribution is 4.80. The summed E-state index contributed by atoms with van der Waals surface area (Å²) in [6, 6.07) is 0.804. The Morgan fingerprint density at radius 1 is 1.29 bits per heavy atom.